The Morgan fingerprint density at radius 2 is 1.94 bits per heavy atom. The summed E-state index contributed by atoms with van der Waals surface area (Å²) in [6, 6.07) is 6.97. The van der Waals surface area contributed by atoms with Crippen molar-refractivity contribution in [2.24, 2.45) is 0 Å². The number of nitrogens with zero attached hydrogens (tertiary/aromatic N) is 1. The van der Waals surface area contributed by atoms with E-state index >= 15 is 0 Å². The molecule has 1 aliphatic heterocycles. The smallest absolute Gasteiger partial charge is 0.320 e. The first-order chi connectivity index (χ1) is 7.65. The summed E-state index contributed by atoms with van der Waals surface area (Å²) in [5.74, 6) is -0.211. The van der Waals surface area contributed by atoms with Crippen LogP contribution >= 0.6 is 11.6 Å². The summed E-state index contributed by atoms with van der Waals surface area (Å²) in [5.41, 5.74) is 0.994. The topological polar surface area (TPSA) is 49.4 Å². The predicted octanol–water partition coefficient (Wildman–Crippen LogP) is 1.78. The standard InChI is InChI=1S/C11H11ClN2O2/c12-9-3-1-8(2-4-9)7-14-6-5-10(15)13-11(14)16/h1-4H,5-7H2,(H,13,15,16). The Balaban J connectivity index is 2.02. The normalized spacial score (nSPS) is 16.2. The highest BCUT2D eigenvalue weighted by molar-refractivity contribution is 6.30. The molecule has 1 saturated heterocycles. The Hall–Kier alpha value is -1.55. The van der Waals surface area contributed by atoms with E-state index in [-0.39, 0.29) is 11.9 Å². The fraction of sp³-hybridized carbons (Fsp3) is 0.273. The molecule has 1 aliphatic rings. The van der Waals surface area contributed by atoms with Gasteiger partial charge in [-0.05, 0) is 17.7 Å². The van der Waals surface area contributed by atoms with Crippen molar-refractivity contribution in [3.05, 3.63) is 34.9 Å². The molecule has 0 spiro atoms. The van der Waals surface area contributed by atoms with Gasteiger partial charge < -0.3 is 4.90 Å². The maximum absolute atomic E-state index is 11.4. The van der Waals surface area contributed by atoms with Gasteiger partial charge in [-0.3, -0.25) is 10.1 Å². The zero-order chi connectivity index (χ0) is 11.5. The maximum Gasteiger partial charge on any atom is 0.324 e. The van der Waals surface area contributed by atoms with Gasteiger partial charge in [0.25, 0.3) is 0 Å². The maximum atomic E-state index is 11.4. The minimum absolute atomic E-state index is 0.211. The van der Waals surface area contributed by atoms with Crippen LogP contribution in [-0.4, -0.2) is 23.4 Å². The summed E-state index contributed by atoms with van der Waals surface area (Å²) in [6.45, 7) is 0.962. The Kier molecular flexibility index (Phi) is 3.10. The van der Waals surface area contributed by atoms with Crippen LogP contribution in [0.5, 0.6) is 0 Å². The molecule has 3 amide bonds. The van der Waals surface area contributed by atoms with Gasteiger partial charge in [-0.1, -0.05) is 23.7 Å². The molecule has 0 unspecified atom stereocenters. The first-order valence-corrected chi connectivity index (χ1v) is 5.36. The van der Waals surface area contributed by atoms with Crippen molar-refractivity contribution in [2.45, 2.75) is 13.0 Å². The molecule has 0 aromatic heterocycles. The van der Waals surface area contributed by atoms with E-state index < -0.39 is 0 Å². The zero-order valence-electron chi connectivity index (χ0n) is 8.57. The number of nitrogens with one attached hydrogen (secondary N) is 1. The van der Waals surface area contributed by atoms with Crippen LogP contribution in [0.15, 0.2) is 24.3 Å². The van der Waals surface area contributed by atoms with E-state index in [1.165, 1.54) is 0 Å². The number of hydrogen-bond acceptors (Lipinski definition) is 2. The van der Waals surface area contributed by atoms with Crippen molar-refractivity contribution >= 4 is 23.5 Å². The Bertz CT molecular complexity index is 416. The molecule has 2 rings (SSSR count). The van der Waals surface area contributed by atoms with Crippen LogP contribution in [0.2, 0.25) is 5.02 Å². The molecule has 0 aliphatic carbocycles. The number of amides is 3. The first kappa shape index (κ1) is 11.0. The molecule has 5 heteroatoms. The molecule has 0 saturated carbocycles. The lowest BCUT2D eigenvalue weighted by Crippen LogP contribution is -2.48. The van der Waals surface area contributed by atoms with Crippen LogP contribution < -0.4 is 5.32 Å². The van der Waals surface area contributed by atoms with E-state index in [9.17, 15) is 9.59 Å². The molecule has 1 aromatic carbocycles. The van der Waals surface area contributed by atoms with Gasteiger partial charge in [0.05, 0.1) is 0 Å². The molecule has 1 aromatic rings. The second-order valence-electron chi connectivity index (χ2n) is 3.65. The highest BCUT2D eigenvalue weighted by atomic mass is 35.5. The molecule has 1 fully saturated rings. The lowest BCUT2D eigenvalue weighted by molar-refractivity contribution is -0.121. The van der Waals surface area contributed by atoms with E-state index in [2.05, 4.69) is 5.32 Å². The number of urea groups is 1. The average Bonchev–Trinajstić information content (AvgIpc) is 2.25. The highest BCUT2D eigenvalue weighted by Crippen LogP contribution is 2.12. The number of hydrogen-bond donors (Lipinski definition) is 1. The third kappa shape index (κ3) is 2.52. The molecular weight excluding hydrogens is 228 g/mol. The van der Waals surface area contributed by atoms with Crippen LogP contribution in [0, 0.1) is 0 Å². The number of halogens is 1. The van der Waals surface area contributed by atoms with E-state index in [0.717, 1.165) is 5.56 Å². The van der Waals surface area contributed by atoms with E-state index in [4.69, 9.17) is 11.6 Å². The van der Waals surface area contributed by atoms with Crippen LogP contribution in [0.25, 0.3) is 0 Å². The summed E-state index contributed by atoms with van der Waals surface area (Å²) >= 11 is 5.76. The second-order valence-corrected chi connectivity index (χ2v) is 4.09. The number of rotatable bonds is 2. The van der Waals surface area contributed by atoms with Gasteiger partial charge in [0.15, 0.2) is 0 Å². The molecule has 1 N–H and O–H groups in total. The third-order valence-electron chi connectivity index (χ3n) is 2.43. The van der Waals surface area contributed by atoms with Crippen molar-refractivity contribution in [3.8, 4) is 0 Å². The average molecular weight is 239 g/mol. The highest BCUT2D eigenvalue weighted by Gasteiger charge is 2.22. The summed E-state index contributed by atoms with van der Waals surface area (Å²) in [4.78, 5) is 24.0. The second kappa shape index (κ2) is 4.53. The predicted molar refractivity (Wildman–Crippen MR) is 60.0 cm³/mol. The van der Waals surface area contributed by atoms with Gasteiger partial charge in [-0.2, -0.15) is 0 Å². The number of benzene rings is 1. The minimum atomic E-state index is -0.328. The van der Waals surface area contributed by atoms with Crippen LogP contribution in [0.4, 0.5) is 4.79 Å². The van der Waals surface area contributed by atoms with Gasteiger partial charge in [0.1, 0.15) is 0 Å². The molecule has 16 heavy (non-hydrogen) atoms. The van der Waals surface area contributed by atoms with Crippen molar-refractivity contribution in [2.75, 3.05) is 6.54 Å². The minimum Gasteiger partial charge on any atom is -0.320 e. The molecule has 0 bridgehead atoms. The zero-order valence-corrected chi connectivity index (χ0v) is 9.33. The third-order valence-corrected chi connectivity index (χ3v) is 2.68. The first-order valence-electron chi connectivity index (χ1n) is 4.98. The largest absolute Gasteiger partial charge is 0.324 e. The number of carbonyl (C=O) groups excluding carboxylic acids is 2. The fourth-order valence-electron chi connectivity index (χ4n) is 1.56. The van der Waals surface area contributed by atoms with Crippen LogP contribution in [-0.2, 0) is 11.3 Å². The summed E-state index contributed by atoms with van der Waals surface area (Å²) < 4.78 is 0. The Labute approximate surface area is 98.2 Å². The lowest BCUT2D eigenvalue weighted by Gasteiger charge is -2.26. The summed E-state index contributed by atoms with van der Waals surface area (Å²) in [7, 11) is 0. The fourth-order valence-corrected chi connectivity index (χ4v) is 1.69. The molecular formula is C11H11ClN2O2. The van der Waals surface area contributed by atoms with E-state index in [1.54, 1.807) is 17.0 Å². The van der Waals surface area contributed by atoms with Crippen molar-refractivity contribution in [3.63, 3.8) is 0 Å². The Morgan fingerprint density at radius 1 is 1.25 bits per heavy atom. The molecule has 0 radical (unpaired) electrons. The molecule has 0 atom stereocenters. The van der Waals surface area contributed by atoms with Gasteiger partial charge in [-0.25, -0.2) is 4.79 Å². The van der Waals surface area contributed by atoms with Crippen molar-refractivity contribution < 1.29 is 9.59 Å². The lowest BCUT2D eigenvalue weighted by atomic mass is 10.2. The number of imide groups is 1. The molecule has 1 heterocycles. The Morgan fingerprint density at radius 3 is 2.56 bits per heavy atom. The van der Waals surface area contributed by atoms with Gasteiger partial charge in [0.2, 0.25) is 5.91 Å². The van der Waals surface area contributed by atoms with E-state index in [0.29, 0.717) is 24.5 Å². The van der Waals surface area contributed by atoms with Crippen molar-refractivity contribution in [1.82, 2.24) is 10.2 Å². The van der Waals surface area contributed by atoms with Crippen molar-refractivity contribution in [1.29, 1.82) is 0 Å². The van der Waals surface area contributed by atoms with Crippen LogP contribution in [0.3, 0.4) is 0 Å². The SMILES string of the molecule is O=C1CCN(Cc2ccc(Cl)cc2)C(=O)N1. The van der Waals surface area contributed by atoms with Gasteiger partial charge in [-0.15, -0.1) is 0 Å². The quantitative estimate of drug-likeness (QED) is 0.854. The summed E-state index contributed by atoms with van der Waals surface area (Å²) in [6.07, 6.45) is 0.360. The molecule has 84 valence electrons. The summed E-state index contributed by atoms with van der Waals surface area (Å²) in [5, 5.41) is 2.95. The van der Waals surface area contributed by atoms with E-state index in [1.807, 2.05) is 12.1 Å². The van der Waals surface area contributed by atoms with Gasteiger partial charge in [0, 0.05) is 24.5 Å². The molecule has 4 nitrogen and oxygen atoms in total. The number of carbonyl (C=O) groups is 2. The van der Waals surface area contributed by atoms with Gasteiger partial charge >= 0.3 is 6.03 Å². The monoisotopic (exact) mass is 238 g/mol. The van der Waals surface area contributed by atoms with Crippen LogP contribution in [0.1, 0.15) is 12.0 Å².